The molecule has 0 saturated carbocycles. The van der Waals surface area contributed by atoms with Crippen LogP contribution in [0.25, 0.3) is 17.8 Å². The minimum atomic E-state index is 0.531. The fraction of sp³-hybridized carbons (Fsp3) is 0. The summed E-state index contributed by atoms with van der Waals surface area (Å²) in [6.45, 7) is 0. The number of nitrogens with zero attached hydrogens (tertiary/aromatic N) is 6. The highest BCUT2D eigenvalue weighted by atomic mass is 15.4. The normalized spacial score (nSPS) is 11.0. The molecule has 0 fully saturated rings. The second-order valence-corrected chi connectivity index (χ2v) is 4.15. The summed E-state index contributed by atoms with van der Waals surface area (Å²) in [6.07, 6.45) is 11.0. The predicted octanol–water partition coefficient (Wildman–Crippen LogP) is 0.386. The van der Waals surface area contributed by atoms with Gasteiger partial charge in [-0.1, -0.05) is 5.10 Å². The van der Waals surface area contributed by atoms with Crippen molar-refractivity contribution in [2.45, 2.75) is 0 Å². The minimum Gasteiger partial charge on any atom is -0.294 e. The van der Waals surface area contributed by atoms with Gasteiger partial charge in [0.05, 0.1) is 6.20 Å². The number of H-pyrrole nitrogens is 2. The van der Waals surface area contributed by atoms with Crippen molar-refractivity contribution < 1.29 is 4.68 Å². The topological polar surface area (TPSA) is 84.0 Å². The molecular weight excluding hydrogens is 256 g/mol. The Hall–Kier alpha value is -3.16. The highest BCUT2D eigenvalue weighted by Crippen LogP contribution is 2.10. The van der Waals surface area contributed by atoms with Gasteiger partial charge in [-0.25, -0.2) is 9.55 Å². The summed E-state index contributed by atoms with van der Waals surface area (Å²) in [5.41, 5.74) is 0. The van der Waals surface area contributed by atoms with E-state index >= 15 is 0 Å². The molecule has 4 rings (SSSR count). The van der Waals surface area contributed by atoms with Gasteiger partial charge in [-0.3, -0.25) is 9.67 Å². The molecule has 2 N–H and O–H groups in total. The van der Waals surface area contributed by atoms with E-state index in [1.807, 2.05) is 58.3 Å². The minimum absolute atomic E-state index is 0.531. The maximum absolute atomic E-state index is 4.44. The highest BCUT2D eigenvalue weighted by Gasteiger charge is 2.18. The Morgan fingerprint density at radius 2 is 2.00 bits per heavy atom. The van der Waals surface area contributed by atoms with Crippen LogP contribution in [-0.4, -0.2) is 34.4 Å². The Morgan fingerprint density at radius 3 is 2.80 bits per heavy atom. The summed E-state index contributed by atoms with van der Waals surface area (Å²) in [6, 6.07) is 5.76. The molecule has 4 aromatic rings. The molecule has 98 valence electrons. The van der Waals surface area contributed by atoms with E-state index in [2.05, 4.69) is 25.3 Å². The van der Waals surface area contributed by atoms with Gasteiger partial charge >= 0.3 is 11.9 Å². The number of nitrogens with one attached hydrogen (secondary N) is 2. The third kappa shape index (κ3) is 1.62. The average Bonchev–Trinajstić information content (AvgIpc) is 3.23. The fourth-order valence-corrected chi connectivity index (χ4v) is 2.00. The van der Waals surface area contributed by atoms with Crippen LogP contribution in [-0.2, 0) is 0 Å². The Bertz CT molecular complexity index is 806. The van der Waals surface area contributed by atoms with Crippen molar-refractivity contribution in [3.05, 3.63) is 55.4 Å². The fourth-order valence-electron chi connectivity index (χ4n) is 2.00. The van der Waals surface area contributed by atoms with Crippen LogP contribution >= 0.6 is 0 Å². The molecule has 0 aliphatic carbocycles. The van der Waals surface area contributed by atoms with E-state index in [0.29, 0.717) is 11.9 Å². The van der Waals surface area contributed by atoms with Gasteiger partial charge in [0.25, 0.3) is 0 Å². The van der Waals surface area contributed by atoms with E-state index in [-0.39, 0.29) is 0 Å². The van der Waals surface area contributed by atoms with E-state index in [1.165, 1.54) is 0 Å². The molecule has 0 aliphatic rings. The molecular formula is C12H11N8+. The van der Waals surface area contributed by atoms with E-state index in [1.54, 1.807) is 10.9 Å². The zero-order chi connectivity index (χ0) is 13.4. The summed E-state index contributed by atoms with van der Waals surface area (Å²) in [7, 11) is 0. The molecule has 0 spiro atoms. The zero-order valence-corrected chi connectivity index (χ0v) is 10.4. The maximum atomic E-state index is 4.44. The van der Waals surface area contributed by atoms with Gasteiger partial charge in [-0.15, -0.1) is 9.78 Å². The van der Waals surface area contributed by atoms with Crippen LogP contribution in [0.4, 0.5) is 0 Å². The number of hydrogen-bond acceptors (Lipinski definition) is 3. The van der Waals surface area contributed by atoms with Crippen LogP contribution in [0.2, 0.25) is 0 Å². The lowest BCUT2D eigenvalue weighted by molar-refractivity contribution is -0.662. The molecule has 0 amide bonds. The Labute approximate surface area is 113 Å². The summed E-state index contributed by atoms with van der Waals surface area (Å²) in [5.74, 6) is 1.87. The Balaban J connectivity index is 1.78. The summed E-state index contributed by atoms with van der Waals surface area (Å²) < 4.78 is 5.45. The average molecular weight is 267 g/mol. The Kier molecular flexibility index (Phi) is 2.25. The smallest absolute Gasteiger partial charge is 0.294 e. The maximum Gasteiger partial charge on any atom is 0.441 e. The van der Waals surface area contributed by atoms with Gasteiger partial charge in [0.1, 0.15) is 0 Å². The second-order valence-electron chi connectivity index (χ2n) is 4.15. The molecule has 0 unspecified atom stereocenters. The molecule has 8 heteroatoms. The molecule has 0 bridgehead atoms. The molecule has 8 nitrogen and oxygen atoms in total. The molecule has 0 saturated heterocycles. The largest absolute Gasteiger partial charge is 0.441 e. The van der Waals surface area contributed by atoms with E-state index < -0.39 is 0 Å². The summed E-state index contributed by atoms with van der Waals surface area (Å²) in [4.78, 5) is 8.76. The van der Waals surface area contributed by atoms with Crippen LogP contribution in [0.15, 0.2) is 55.4 Å². The van der Waals surface area contributed by atoms with E-state index in [4.69, 9.17) is 0 Å². The first kappa shape index (κ1) is 10.7. The number of imidazole rings is 1. The first-order valence-corrected chi connectivity index (χ1v) is 6.07. The van der Waals surface area contributed by atoms with Crippen LogP contribution in [0.3, 0.4) is 0 Å². The molecule has 4 heterocycles. The van der Waals surface area contributed by atoms with Gasteiger partial charge in [-0.2, -0.15) is 0 Å². The number of aromatic amines is 2. The van der Waals surface area contributed by atoms with Crippen molar-refractivity contribution >= 4 is 0 Å². The van der Waals surface area contributed by atoms with Crippen molar-refractivity contribution in [3.63, 3.8) is 0 Å². The lowest BCUT2D eigenvalue weighted by Crippen LogP contribution is -2.33. The van der Waals surface area contributed by atoms with Crippen molar-refractivity contribution in [2.75, 3.05) is 0 Å². The van der Waals surface area contributed by atoms with Gasteiger partial charge < -0.3 is 0 Å². The van der Waals surface area contributed by atoms with Gasteiger partial charge in [0.2, 0.25) is 5.95 Å². The highest BCUT2D eigenvalue weighted by molar-refractivity contribution is 5.26. The van der Waals surface area contributed by atoms with Crippen molar-refractivity contribution in [1.82, 2.24) is 34.4 Å². The number of rotatable bonds is 3. The second kappa shape index (κ2) is 4.19. The summed E-state index contributed by atoms with van der Waals surface area (Å²) in [5, 5.41) is 10.1. The van der Waals surface area contributed by atoms with Crippen molar-refractivity contribution in [3.8, 4) is 17.8 Å². The van der Waals surface area contributed by atoms with E-state index in [0.717, 1.165) is 5.95 Å². The van der Waals surface area contributed by atoms with Gasteiger partial charge in [0, 0.05) is 31.0 Å². The molecule has 4 aromatic heterocycles. The SMILES string of the molecule is c1ccn(-c2nccn2-c2n[nH]c(-[n+]3ccc[nH]3)n2)c1. The number of aromatic nitrogens is 8. The van der Waals surface area contributed by atoms with Crippen LogP contribution < -0.4 is 4.68 Å². The van der Waals surface area contributed by atoms with Gasteiger partial charge in [0.15, 0.2) is 0 Å². The van der Waals surface area contributed by atoms with Crippen molar-refractivity contribution in [1.29, 1.82) is 0 Å². The van der Waals surface area contributed by atoms with Gasteiger partial charge in [-0.05, 0) is 23.2 Å². The van der Waals surface area contributed by atoms with Crippen LogP contribution in [0.5, 0.6) is 0 Å². The lowest BCUT2D eigenvalue weighted by Gasteiger charge is -2.01. The van der Waals surface area contributed by atoms with Crippen LogP contribution in [0, 0.1) is 0 Å². The number of hydrogen-bond donors (Lipinski definition) is 2. The lowest BCUT2D eigenvalue weighted by atomic mass is 10.7. The molecule has 20 heavy (non-hydrogen) atoms. The molecule has 0 radical (unpaired) electrons. The molecule has 0 atom stereocenters. The third-order valence-electron chi connectivity index (χ3n) is 2.91. The third-order valence-corrected chi connectivity index (χ3v) is 2.91. The quantitative estimate of drug-likeness (QED) is 0.526. The first-order chi connectivity index (χ1) is 9.92. The van der Waals surface area contributed by atoms with Crippen molar-refractivity contribution in [2.24, 2.45) is 0 Å². The van der Waals surface area contributed by atoms with Crippen LogP contribution in [0.1, 0.15) is 0 Å². The Morgan fingerprint density at radius 1 is 1.10 bits per heavy atom. The van der Waals surface area contributed by atoms with E-state index in [9.17, 15) is 0 Å². The monoisotopic (exact) mass is 267 g/mol. The predicted molar refractivity (Wildman–Crippen MR) is 68.7 cm³/mol. The first-order valence-electron chi connectivity index (χ1n) is 6.07. The summed E-state index contributed by atoms with van der Waals surface area (Å²) >= 11 is 0. The molecule has 0 aliphatic heterocycles. The zero-order valence-electron chi connectivity index (χ0n) is 10.4. The molecule has 0 aromatic carbocycles. The standard InChI is InChI=1S/C12H10N8/c1-2-7-18(6-1)12-13-5-9-19(12)10-15-11(17-16-10)20-8-3-4-14-20/h1-9H,(H,15,16,17)/p+1.